The summed E-state index contributed by atoms with van der Waals surface area (Å²) in [5.74, 6) is 0.00302. The van der Waals surface area contributed by atoms with E-state index in [4.69, 9.17) is 0 Å². The molecule has 21 heavy (non-hydrogen) atoms. The summed E-state index contributed by atoms with van der Waals surface area (Å²) in [5.41, 5.74) is -0.863. The first-order valence-corrected chi connectivity index (χ1v) is 8.38. The Kier molecular flexibility index (Phi) is 5.58. The molecule has 2 rings (SSSR count). The van der Waals surface area contributed by atoms with E-state index in [9.17, 15) is 9.90 Å². The molecule has 1 saturated carbocycles. The second-order valence-electron chi connectivity index (χ2n) is 5.68. The highest BCUT2D eigenvalue weighted by molar-refractivity contribution is 7.99. The summed E-state index contributed by atoms with van der Waals surface area (Å²) in [6.07, 6.45) is 6.16. The van der Waals surface area contributed by atoms with Gasteiger partial charge in [0.05, 0.1) is 6.04 Å². The Morgan fingerprint density at radius 2 is 2.24 bits per heavy atom. The molecule has 7 nitrogen and oxygen atoms in total. The number of aliphatic carboxylic acids is 1. The highest BCUT2D eigenvalue weighted by Crippen LogP contribution is 2.31. The van der Waals surface area contributed by atoms with Gasteiger partial charge in [0, 0.05) is 5.75 Å². The lowest BCUT2D eigenvalue weighted by Crippen LogP contribution is -2.47. The first kappa shape index (κ1) is 16.2. The third kappa shape index (κ3) is 3.94. The van der Waals surface area contributed by atoms with Gasteiger partial charge in [-0.05, 0) is 50.1 Å². The summed E-state index contributed by atoms with van der Waals surface area (Å²) in [6, 6.07) is 0.434. The van der Waals surface area contributed by atoms with Crippen LogP contribution in [-0.2, 0) is 4.79 Å². The van der Waals surface area contributed by atoms with Gasteiger partial charge >= 0.3 is 5.97 Å². The quantitative estimate of drug-likeness (QED) is 0.557. The Labute approximate surface area is 128 Å². The maximum atomic E-state index is 11.2. The molecular weight excluding hydrogens is 290 g/mol. The molecule has 1 aliphatic rings. The summed E-state index contributed by atoms with van der Waals surface area (Å²) >= 11 is 1.61. The number of carboxylic acid groups (broad SMARTS) is 1. The average molecular weight is 313 g/mol. The third-order valence-corrected chi connectivity index (χ3v) is 5.23. The lowest BCUT2D eigenvalue weighted by molar-refractivity contribution is -0.144. The molecule has 0 bridgehead atoms. The van der Waals surface area contributed by atoms with Gasteiger partial charge in [0.25, 0.3) is 0 Å². The fourth-order valence-corrected chi connectivity index (χ4v) is 3.47. The maximum Gasteiger partial charge on any atom is 0.323 e. The number of thioether (sulfide) groups is 1. The van der Waals surface area contributed by atoms with Gasteiger partial charge in [0.15, 0.2) is 0 Å². The van der Waals surface area contributed by atoms with Crippen molar-refractivity contribution in [2.24, 2.45) is 0 Å². The lowest BCUT2D eigenvalue weighted by Gasteiger charge is -2.23. The molecule has 0 aromatic carbocycles. The summed E-state index contributed by atoms with van der Waals surface area (Å²) in [7, 11) is 1.68. The van der Waals surface area contributed by atoms with Gasteiger partial charge < -0.3 is 10.4 Å². The molecule has 8 heteroatoms. The van der Waals surface area contributed by atoms with Gasteiger partial charge in [0.2, 0.25) is 5.16 Å². The van der Waals surface area contributed by atoms with Crippen molar-refractivity contribution >= 4 is 17.7 Å². The summed E-state index contributed by atoms with van der Waals surface area (Å²) in [5, 5.41) is 24.9. The van der Waals surface area contributed by atoms with Crippen LogP contribution in [0.3, 0.4) is 0 Å². The first-order valence-electron chi connectivity index (χ1n) is 7.40. The van der Waals surface area contributed by atoms with Crippen molar-refractivity contribution in [3.05, 3.63) is 0 Å². The fourth-order valence-electron chi connectivity index (χ4n) is 2.59. The highest BCUT2D eigenvalue weighted by Gasteiger charge is 2.30. The van der Waals surface area contributed by atoms with Crippen molar-refractivity contribution in [2.75, 3.05) is 12.8 Å². The molecule has 1 fully saturated rings. The molecule has 1 heterocycles. The van der Waals surface area contributed by atoms with Crippen molar-refractivity contribution in [2.45, 2.75) is 62.2 Å². The van der Waals surface area contributed by atoms with Gasteiger partial charge in [-0.25, -0.2) is 4.68 Å². The molecule has 2 N–H and O–H groups in total. The second kappa shape index (κ2) is 7.22. The minimum atomic E-state index is -0.863. The molecule has 1 aliphatic carbocycles. The van der Waals surface area contributed by atoms with Crippen LogP contribution in [0.5, 0.6) is 0 Å². The number of hydrogen-bond acceptors (Lipinski definition) is 6. The second-order valence-corrected chi connectivity index (χ2v) is 6.75. The third-order valence-electron chi connectivity index (χ3n) is 4.21. The number of rotatable bonds is 8. The maximum absolute atomic E-state index is 11.2. The highest BCUT2D eigenvalue weighted by atomic mass is 32.2. The van der Waals surface area contributed by atoms with Crippen LogP contribution in [-0.4, -0.2) is 49.6 Å². The minimum Gasteiger partial charge on any atom is -0.480 e. The Morgan fingerprint density at radius 1 is 1.52 bits per heavy atom. The number of aromatic nitrogens is 4. The number of carbonyl (C=O) groups is 1. The van der Waals surface area contributed by atoms with Crippen LogP contribution in [0.15, 0.2) is 5.16 Å². The largest absolute Gasteiger partial charge is 0.480 e. The predicted octanol–water partition coefficient (Wildman–Crippen LogP) is 1.72. The number of likely N-dealkylation sites (N-methyl/N-ethyl adjacent to an activating group) is 1. The van der Waals surface area contributed by atoms with Gasteiger partial charge in [-0.2, -0.15) is 0 Å². The molecule has 0 radical (unpaired) electrons. The lowest BCUT2D eigenvalue weighted by atomic mass is 9.97. The molecule has 1 aromatic rings. The van der Waals surface area contributed by atoms with E-state index in [1.54, 1.807) is 25.7 Å². The fraction of sp³-hybridized carbons (Fsp3) is 0.846. The molecule has 0 saturated heterocycles. The SMILES string of the molecule is CNC(C)(CCCSc1nnnn1C1CCCC1)C(=O)O. The number of hydrogen-bond donors (Lipinski definition) is 2. The zero-order chi connectivity index (χ0) is 15.3. The van der Waals surface area contributed by atoms with Crippen LogP contribution in [0.4, 0.5) is 0 Å². The number of tetrazole rings is 1. The molecule has 0 amide bonds. The van der Waals surface area contributed by atoms with Gasteiger partial charge in [-0.15, -0.1) is 5.10 Å². The van der Waals surface area contributed by atoms with E-state index in [0.29, 0.717) is 12.5 Å². The van der Waals surface area contributed by atoms with Crippen LogP contribution >= 0.6 is 11.8 Å². The van der Waals surface area contributed by atoms with E-state index < -0.39 is 11.5 Å². The van der Waals surface area contributed by atoms with Gasteiger partial charge in [-0.3, -0.25) is 4.79 Å². The van der Waals surface area contributed by atoms with E-state index in [1.165, 1.54) is 12.8 Å². The van der Waals surface area contributed by atoms with Crippen molar-refractivity contribution in [1.29, 1.82) is 0 Å². The van der Waals surface area contributed by atoms with Crippen molar-refractivity contribution in [3.63, 3.8) is 0 Å². The standard InChI is InChI=1S/C13H23N5O2S/c1-13(14-2,11(19)20)8-5-9-21-12-15-16-17-18(12)10-6-3-4-7-10/h10,14H,3-9H2,1-2H3,(H,19,20). The van der Waals surface area contributed by atoms with Crippen molar-refractivity contribution in [1.82, 2.24) is 25.5 Å². The minimum absolute atomic E-state index is 0.434. The molecule has 118 valence electrons. The van der Waals surface area contributed by atoms with Crippen molar-refractivity contribution in [3.8, 4) is 0 Å². The molecule has 0 spiro atoms. The first-order chi connectivity index (χ1) is 10.1. The van der Waals surface area contributed by atoms with E-state index in [-0.39, 0.29) is 0 Å². The van der Waals surface area contributed by atoms with Crippen LogP contribution in [0.25, 0.3) is 0 Å². The summed E-state index contributed by atoms with van der Waals surface area (Å²) in [4.78, 5) is 11.2. The Balaban J connectivity index is 1.81. The van der Waals surface area contributed by atoms with E-state index in [1.807, 2.05) is 4.68 Å². The molecular formula is C13H23N5O2S. The van der Waals surface area contributed by atoms with Gasteiger partial charge in [-0.1, -0.05) is 24.6 Å². The zero-order valence-electron chi connectivity index (χ0n) is 12.6. The zero-order valence-corrected chi connectivity index (χ0v) is 13.4. The van der Waals surface area contributed by atoms with Crippen LogP contribution in [0, 0.1) is 0 Å². The number of carboxylic acids is 1. The monoisotopic (exact) mass is 313 g/mol. The van der Waals surface area contributed by atoms with Crippen LogP contribution in [0.1, 0.15) is 51.5 Å². The Morgan fingerprint density at radius 3 is 2.86 bits per heavy atom. The van der Waals surface area contributed by atoms with Gasteiger partial charge in [0.1, 0.15) is 5.54 Å². The topological polar surface area (TPSA) is 92.9 Å². The van der Waals surface area contributed by atoms with Crippen LogP contribution < -0.4 is 5.32 Å². The summed E-state index contributed by atoms with van der Waals surface area (Å²) < 4.78 is 1.94. The Bertz CT molecular complexity index is 475. The number of nitrogens with zero attached hydrogens (tertiary/aromatic N) is 4. The normalized spacial score (nSPS) is 18.8. The van der Waals surface area contributed by atoms with E-state index in [0.717, 1.165) is 30.2 Å². The molecule has 0 aliphatic heterocycles. The summed E-state index contributed by atoms with van der Waals surface area (Å²) in [6.45, 7) is 1.71. The molecule has 1 unspecified atom stereocenters. The van der Waals surface area contributed by atoms with Crippen molar-refractivity contribution < 1.29 is 9.90 Å². The van der Waals surface area contributed by atoms with E-state index >= 15 is 0 Å². The molecule has 1 atom stereocenters. The molecule has 1 aromatic heterocycles. The van der Waals surface area contributed by atoms with Crippen LogP contribution in [0.2, 0.25) is 0 Å². The number of nitrogens with one attached hydrogen (secondary N) is 1. The predicted molar refractivity (Wildman–Crippen MR) is 80.4 cm³/mol. The Hall–Kier alpha value is -1.15. The smallest absolute Gasteiger partial charge is 0.323 e. The van der Waals surface area contributed by atoms with E-state index in [2.05, 4.69) is 20.8 Å². The average Bonchev–Trinajstić information content (AvgIpc) is 3.13.